The zero-order chi connectivity index (χ0) is 37.9. The first-order chi connectivity index (χ1) is 28.0. The zero-order valence-corrected chi connectivity index (χ0v) is 32.0. The third-order valence-corrected chi connectivity index (χ3v) is 13.3. The molecule has 0 radical (unpaired) electrons. The van der Waals surface area contributed by atoms with Gasteiger partial charge in [0.05, 0.1) is 5.41 Å². The van der Waals surface area contributed by atoms with E-state index in [0.29, 0.717) is 0 Å². The van der Waals surface area contributed by atoms with Gasteiger partial charge in [0, 0.05) is 22.5 Å². The summed E-state index contributed by atoms with van der Waals surface area (Å²) in [5.41, 5.74) is 21.4. The molecule has 0 fully saturated rings. The number of benzene rings is 9. The normalized spacial score (nSPS) is 14.4. The van der Waals surface area contributed by atoms with E-state index >= 15 is 0 Å². The van der Waals surface area contributed by atoms with Crippen molar-refractivity contribution in [3.05, 3.63) is 234 Å². The molecule has 0 saturated heterocycles. The maximum absolute atomic E-state index is 2.52. The van der Waals surface area contributed by atoms with Crippen LogP contribution in [-0.4, -0.2) is 0 Å². The molecule has 1 nitrogen and oxygen atoms in total. The van der Waals surface area contributed by atoms with E-state index in [1.807, 2.05) is 0 Å². The van der Waals surface area contributed by atoms with Crippen LogP contribution in [0.1, 0.15) is 47.2 Å². The van der Waals surface area contributed by atoms with Gasteiger partial charge >= 0.3 is 0 Å². The molecule has 0 aliphatic heterocycles. The van der Waals surface area contributed by atoms with E-state index in [1.165, 1.54) is 88.7 Å². The topological polar surface area (TPSA) is 3.24 Å². The van der Waals surface area contributed by atoms with Gasteiger partial charge in [-0.25, -0.2) is 0 Å². The Hall–Kier alpha value is -6.96. The lowest BCUT2D eigenvalue weighted by Crippen LogP contribution is -2.26. The molecule has 0 heterocycles. The van der Waals surface area contributed by atoms with Gasteiger partial charge in [-0.2, -0.15) is 0 Å². The Kier molecular flexibility index (Phi) is 6.67. The van der Waals surface area contributed by atoms with E-state index in [0.717, 1.165) is 17.1 Å². The fourth-order valence-corrected chi connectivity index (χ4v) is 10.8. The molecule has 0 bridgehead atoms. The first-order valence-corrected chi connectivity index (χ1v) is 20.1. The highest BCUT2D eigenvalue weighted by Crippen LogP contribution is 2.64. The predicted molar refractivity (Wildman–Crippen MR) is 238 cm³/mol. The molecule has 9 aromatic carbocycles. The molecule has 9 aromatic rings. The van der Waals surface area contributed by atoms with Gasteiger partial charge in [0.2, 0.25) is 0 Å². The monoisotopic (exact) mass is 725 g/mol. The second-order valence-electron chi connectivity index (χ2n) is 16.4. The first-order valence-electron chi connectivity index (χ1n) is 20.1. The standard InChI is InChI=1S/C56H39N/c1-55(2)49-21-11-8-18-43(49)46-32-29-40(34-52(46)55)57(39-27-24-37(25-28-39)36-14-4-3-5-15-36)41-30-33-47-48-31-26-38-16-6-7-17-42(38)54(48)56(53(47)35-41)50-22-12-9-19-44(50)45-20-10-13-23-51(45)56/h3-35H,1-2H3. The van der Waals surface area contributed by atoms with Crippen LogP contribution in [0.15, 0.2) is 200 Å². The Labute approximate surface area is 334 Å². The average molecular weight is 726 g/mol. The summed E-state index contributed by atoms with van der Waals surface area (Å²) in [7, 11) is 0. The summed E-state index contributed by atoms with van der Waals surface area (Å²) in [6.45, 7) is 4.74. The van der Waals surface area contributed by atoms with Crippen molar-refractivity contribution in [1.29, 1.82) is 0 Å². The molecule has 1 spiro atoms. The van der Waals surface area contributed by atoms with Gasteiger partial charge in [0.15, 0.2) is 0 Å². The molecular formula is C56H39N. The van der Waals surface area contributed by atoms with Gasteiger partial charge in [-0.1, -0.05) is 178 Å². The Morgan fingerprint density at radius 3 is 1.49 bits per heavy atom. The van der Waals surface area contributed by atoms with Crippen molar-refractivity contribution in [2.45, 2.75) is 24.7 Å². The lowest BCUT2D eigenvalue weighted by atomic mass is 9.69. The van der Waals surface area contributed by atoms with Crippen LogP contribution in [0, 0.1) is 0 Å². The smallest absolute Gasteiger partial charge is 0.0732 e. The van der Waals surface area contributed by atoms with Gasteiger partial charge < -0.3 is 4.90 Å². The number of nitrogens with zero attached hydrogens (tertiary/aromatic N) is 1. The summed E-state index contributed by atoms with van der Waals surface area (Å²) in [5.74, 6) is 0. The highest BCUT2D eigenvalue weighted by Gasteiger charge is 2.52. The average Bonchev–Trinajstić information content (AvgIpc) is 3.83. The number of hydrogen-bond acceptors (Lipinski definition) is 1. The third-order valence-electron chi connectivity index (χ3n) is 13.3. The Morgan fingerprint density at radius 2 is 0.807 bits per heavy atom. The lowest BCUT2D eigenvalue weighted by Gasteiger charge is -2.33. The van der Waals surface area contributed by atoms with Gasteiger partial charge in [-0.15, -0.1) is 0 Å². The van der Waals surface area contributed by atoms with Crippen LogP contribution in [-0.2, 0) is 10.8 Å². The van der Waals surface area contributed by atoms with Gasteiger partial charge in [-0.3, -0.25) is 0 Å². The van der Waals surface area contributed by atoms with Crippen molar-refractivity contribution in [2.24, 2.45) is 0 Å². The summed E-state index contributed by atoms with van der Waals surface area (Å²) in [6, 6.07) is 75.0. The summed E-state index contributed by atoms with van der Waals surface area (Å²) in [4.78, 5) is 2.48. The molecule has 0 N–H and O–H groups in total. The molecule has 0 atom stereocenters. The fraction of sp³-hybridized carbons (Fsp3) is 0.0714. The van der Waals surface area contributed by atoms with E-state index in [1.54, 1.807) is 0 Å². The molecule has 1 heteroatoms. The summed E-state index contributed by atoms with van der Waals surface area (Å²) in [6.07, 6.45) is 0. The minimum atomic E-state index is -0.473. The van der Waals surface area contributed by atoms with E-state index in [2.05, 4.69) is 219 Å². The van der Waals surface area contributed by atoms with E-state index in [-0.39, 0.29) is 5.41 Å². The number of fused-ring (bicyclic) bond motifs is 15. The second-order valence-corrected chi connectivity index (χ2v) is 16.4. The molecule has 3 aliphatic carbocycles. The second kappa shape index (κ2) is 11.8. The molecule has 268 valence electrons. The van der Waals surface area contributed by atoms with Crippen molar-refractivity contribution in [2.75, 3.05) is 4.90 Å². The van der Waals surface area contributed by atoms with Gasteiger partial charge in [-0.05, 0) is 125 Å². The first kappa shape index (κ1) is 32.3. The van der Waals surface area contributed by atoms with E-state index in [9.17, 15) is 0 Å². The predicted octanol–water partition coefficient (Wildman–Crippen LogP) is 14.6. The van der Waals surface area contributed by atoms with Crippen molar-refractivity contribution < 1.29 is 0 Å². The van der Waals surface area contributed by atoms with Crippen molar-refractivity contribution in [1.82, 2.24) is 0 Å². The maximum atomic E-state index is 2.52. The molecule has 3 aliphatic rings. The van der Waals surface area contributed by atoms with Crippen molar-refractivity contribution >= 4 is 27.8 Å². The fourth-order valence-electron chi connectivity index (χ4n) is 10.8. The lowest BCUT2D eigenvalue weighted by molar-refractivity contribution is 0.660. The third kappa shape index (κ3) is 4.34. The van der Waals surface area contributed by atoms with Crippen molar-refractivity contribution in [3.8, 4) is 44.5 Å². The Bertz CT molecular complexity index is 3050. The molecule has 0 aromatic heterocycles. The minimum Gasteiger partial charge on any atom is -0.310 e. The highest BCUT2D eigenvalue weighted by atomic mass is 15.1. The quantitative estimate of drug-likeness (QED) is 0.175. The van der Waals surface area contributed by atoms with Crippen LogP contribution in [0.2, 0.25) is 0 Å². The summed E-state index contributed by atoms with van der Waals surface area (Å²) >= 11 is 0. The van der Waals surface area contributed by atoms with E-state index < -0.39 is 5.41 Å². The van der Waals surface area contributed by atoms with Crippen molar-refractivity contribution in [3.63, 3.8) is 0 Å². The van der Waals surface area contributed by atoms with Gasteiger partial charge in [0.25, 0.3) is 0 Å². The minimum absolute atomic E-state index is 0.118. The molecule has 0 unspecified atom stereocenters. The van der Waals surface area contributed by atoms with Crippen LogP contribution in [0.3, 0.4) is 0 Å². The SMILES string of the molecule is CC1(C)c2ccccc2-c2ccc(N(c3ccc(-c4ccccc4)cc3)c3ccc4c(c3)C3(c5ccccc5-c5ccccc53)c3c-4ccc4ccccc34)cc21. The largest absolute Gasteiger partial charge is 0.310 e. The molecule has 0 saturated carbocycles. The molecule has 12 rings (SSSR count). The van der Waals surface area contributed by atoms with Crippen LogP contribution in [0.5, 0.6) is 0 Å². The molecular weight excluding hydrogens is 687 g/mol. The molecule has 0 amide bonds. The Balaban J connectivity index is 1.12. The zero-order valence-electron chi connectivity index (χ0n) is 32.0. The Morgan fingerprint density at radius 1 is 0.333 bits per heavy atom. The number of anilines is 3. The van der Waals surface area contributed by atoms with Crippen LogP contribution in [0.25, 0.3) is 55.3 Å². The number of rotatable bonds is 4. The van der Waals surface area contributed by atoms with E-state index in [4.69, 9.17) is 0 Å². The molecule has 57 heavy (non-hydrogen) atoms. The number of hydrogen-bond donors (Lipinski definition) is 0. The van der Waals surface area contributed by atoms with Gasteiger partial charge in [0.1, 0.15) is 0 Å². The maximum Gasteiger partial charge on any atom is 0.0732 e. The van der Waals surface area contributed by atoms with Crippen LogP contribution in [0.4, 0.5) is 17.1 Å². The van der Waals surface area contributed by atoms with Crippen LogP contribution >= 0.6 is 0 Å². The van der Waals surface area contributed by atoms with Crippen LogP contribution < -0.4 is 4.90 Å². The highest BCUT2D eigenvalue weighted by molar-refractivity contribution is 6.04. The summed E-state index contributed by atoms with van der Waals surface area (Å²) < 4.78 is 0. The summed E-state index contributed by atoms with van der Waals surface area (Å²) in [5, 5.41) is 2.58.